The van der Waals surface area contributed by atoms with Crippen LogP contribution in [0.2, 0.25) is 0 Å². The summed E-state index contributed by atoms with van der Waals surface area (Å²) in [6.45, 7) is 2.14. The van der Waals surface area contributed by atoms with Gasteiger partial charge in [0.15, 0.2) is 0 Å². The van der Waals surface area contributed by atoms with Crippen LogP contribution in [-0.4, -0.2) is 5.66 Å². The Bertz CT molecular complexity index is 122. The summed E-state index contributed by atoms with van der Waals surface area (Å²) in [5, 5.41) is 0. The van der Waals surface area contributed by atoms with Crippen molar-refractivity contribution in [3.8, 4) is 0 Å². The second-order valence-corrected chi connectivity index (χ2v) is 2.54. The van der Waals surface area contributed by atoms with Crippen molar-refractivity contribution in [2.24, 2.45) is 0 Å². The van der Waals surface area contributed by atoms with Crippen LogP contribution in [-0.2, 0) is 0 Å². The fourth-order valence-electron chi connectivity index (χ4n) is 0.590. The van der Waals surface area contributed by atoms with Crippen molar-refractivity contribution < 1.29 is 0 Å². The molecule has 1 aliphatic carbocycles. The molecule has 0 aromatic carbocycles. The van der Waals surface area contributed by atoms with Gasteiger partial charge < -0.3 is 0 Å². The minimum Gasteiger partial charge on any atom is -0.126 e. The summed E-state index contributed by atoms with van der Waals surface area (Å²) in [7, 11) is 2.76. The van der Waals surface area contributed by atoms with E-state index in [4.69, 9.17) is 0 Å². The molecule has 0 aromatic rings. The Kier molecular flexibility index (Phi) is 1.30. The summed E-state index contributed by atoms with van der Waals surface area (Å²) >= 11 is 0. The van der Waals surface area contributed by atoms with Crippen molar-refractivity contribution in [3.05, 3.63) is 23.8 Å². The molecular weight excluding hydrogens is 103 g/mol. The van der Waals surface area contributed by atoms with Crippen LogP contribution in [0.4, 0.5) is 0 Å². The van der Waals surface area contributed by atoms with Crippen molar-refractivity contribution in [3.63, 3.8) is 0 Å². The maximum absolute atomic E-state index is 2.76. The molecule has 1 rings (SSSR count). The molecule has 0 spiro atoms. The topological polar surface area (TPSA) is 0 Å². The van der Waals surface area contributed by atoms with Gasteiger partial charge in [0.1, 0.15) is 0 Å². The molecule has 0 fully saturated rings. The zero-order valence-corrected chi connectivity index (χ0v) is 5.54. The first-order valence-electron chi connectivity index (χ1n) is 2.41. The largest absolute Gasteiger partial charge is 0.126 e. The zero-order chi connectivity index (χ0) is 5.28. The first-order chi connectivity index (χ1) is 3.30. The quantitative estimate of drug-likeness (QED) is 0.419. The molecule has 1 heteroatoms. The Morgan fingerprint density at radius 3 is 2.57 bits per heavy atom. The van der Waals surface area contributed by atoms with E-state index in [0.717, 1.165) is 0 Å². The maximum Gasteiger partial charge on any atom is 0.0126 e. The van der Waals surface area contributed by atoms with Crippen LogP contribution in [0.5, 0.6) is 0 Å². The Labute approximate surface area is 46.5 Å². The van der Waals surface area contributed by atoms with Crippen LogP contribution in [0.3, 0.4) is 0 Å². The summed E-state index contributed by atoms with van der Waals surface area (Å²) in [6.07, 6.45) is 6.39. The van der Waals surface area contributed by atoms with Gasteiger partial charge in [0.05, 0.1) is 0 Å². The maximum atomic E-state index is 2.76. The highest BCUT2D eigenvalue weighted by atomic mass is 31.0. The number of hydrogen-bond acceptors (Lipinski definition) is 0. The number of rotatable bonds is 0. The van der Waals surface area contributed by atoms with Crippen LogP contribution >= 0.6 is 9.24 Å². The van der Waals surface area contributed by atoms with E-state index in [9.17, 15) is 0 Å². The molecule has 0 bridgehead atoms. The smallest absolute Gasteiger partial charge is 0.0126 e. The van der Waals surface area contributed by atoms with E-state index in [1.54, 1.807) is 0 Å². The molecule has 38 valence electrons. The first kappa shape index (κ1) is 5.05. The van der Waals surface area contributed by atoms with Crippen molar-refractivity contribution in [2.45, 2.75) is 12.6 Å². The van der Waals surface area contributed by atoms with Gasteiger partial charge in [0.25, 0.3) is 0 Å². The Morgan fingerprint density at radius 1 is 1.71 bits per heavy atom. The molecule has 7 heavy (non-hydrogen) atoms. The number of hydrogen-bond donors (Lipinski definition) is 0. The van der Waals surface area contributed by atoms with E-state index < -0.39 is 0 Å². The van der Waals surface area contributed by atoms with Gasteiger partial charge in [-0.25, -0.2) is 0 Å². The van der Waals surface area contributed by atoms with Crippen LogP contribution in [0.25, 0.3) is 0 Å². The highest BCUT2D eigenvalue weighted by Gasteiger charge is 2.00. The average Bonchev–Trinajstić information content (AvgIpc) is 1.91. The van der Waals surface area contributed by atoms with Crippen molar-refractivity contribution >= 4 is 9.24 Å². The summed E-state index contributed by atoms with van der Waals surface area (Å²) < 4.78 is 0. The Balaban J connectivity index is 2.69. The van der Waals surface area contributed by atoms with E-state index >= 15 is 0 Å². The van der Waals surface area contributed by atoms with Crippen LogP contribution in [0.15, 0.2) is 23.8 Å². The molecule has 0 aromatic heterocycles. The molecule has 0 saturated carbocycles. The molecule has 0 heterocycles. The lowest BCUT2D eigenvalue weighted by Crippen LogP contribution is -1.86. The van der Waals surface area contributed by atoms with Crippen LogP contribution in [0, 0.1) is 0 Å². The van der Waals surface area contributed by atoms with E-state index in [1.807, 2.05) is 0 Å². The van der Waals surface area contributed by atoms with E-state index in [-0.39, 0.29) is 0 Å². The Hall–Kier alpha value is -0.0900. The average molecular weight is 112 g/mol. The fraction of sp³-hybridized carbons (Fsp3) is 0.333. The van der Waals surface area contributed by atoms with Gasteiger partial charge in [-0.3, -0.25) is 0 Å². The highest BCUT2D eigenvalue weighted by Crippen LogP contribution is 2.17. The molecule has 0 N–H and O–H groups in total. The second-order valence-electron chi connectivity index (χ2n) is 1.82. The summed E-state index contributed by atoms with van der Waals surface area (Å²) in [5.41, 5.74) is 2.05. The van der Waals surface area contributed by atoms with Gasteiger partial charge in [0.2, 0.25) is 0 Å². The molecule has 0 saturated heterocycles. The Morgan fingerprint density at radius 2 is 2.43 bits per heavy atom. The molecule has 1 aliphatic rings. The van der Waals surface area contributed by atoms with Gasteiger partial charge in [-0.05, 0) is 6.92 Å². The molecule has 2 unspecified atom stereocenters. The normalized spacial score (nSPS) is 28.3. The van der Waals surface area contributed by atoms with E-state index in [0.29, 0.717) is 5.66 Å². The standard InChI is InChI=1S/C6H9P/c1-5-3-2-4-6(5)7/h2-4,6H,7H2,1H3. The minimum atomic E-state index is 0.611. The van der Waals surface area contributed by atoms with Gasteiger partial charge in [-0.2, -0.15) is 0 Å². The third-order valence-corrected chi connectivity index (χ3v) is 1.95. The molecular formula is C6H9P. The monoisotopic (exact) mass is 112 g/mol. The van der Waals surface area contributed by atoms with Gasteiger partial charge in [0, 0.05) is 5.66 Å². The van der Waals surface area contributed by atoms with Crippen molar-refractivity contribution in [1.29, 1.82) is 0 Å². The molecule has 0 radical (unpaired) electrons. The summed E-state index contributed by atoms with van der Waals surface area (Å²) in [6, 6.07) is 0. The summed E-state index contributed by atoms with van der Waals surface area (Å²) in [5.74, 6) is 0. The predicted octanol–water partition coefficient (Wildman–Crippen LogP) is 1.75. The lowest BCUT2D eigenvalue weighted by molar-refractivity contribution is 1.27. The van der Waals surface area contributed by atoms with E-state index in [2.05, 4.69) is 34.4 Å². The number of allylic oxidation sites excluding steroid dienone is 4. The molecule has 0 amide bonds. The molecule has 2 atom stereocenters. The van der Waals surface area contributed by atoms with Gasteiger partial charge >= 0.3 is 0 Å². The highest BCUT2D eigenvalue weighted by molar-refractivity contribution is 7.18. The third-order valence-electron chi connectivity index (χ3n) is 1.20. The summed E-state index contributed by atoms with van der Waals surface area (Å²) in [4.78, 5) is 0. The molecule has 0 nitrogen and oxygen atoms in total. The zero-order valence-electron chi connectivity index (χ0n) is 4.39. The minimum absolute atomic E-state index is 0.611. The predicted molar refractivity (Wildman–Crippen MR) is 36.4 cm³/mol. The van der Waals surface area contributed by atoms with Gasteiger partial charge in [-0.1, -0.05) is 23.8 Å². The third kappa shape index (κ3) is 0.920. The lowest BCUT2D eigenvalue weighted by atomic mass is 10.3. The van der Waals surface area contributed by atoms with Crippen LogP contribution < -0.4 is 0 Å². The SMILES string of the molecule is CC1=CC=CC1P. The van der Waals surface area contributed by atoms with E-state index in [1.165, 1.54) is 5.57 Å². The van der Waals surface area contributed by atoms with Crippen molar-refractivity contribution in [2.75, 3.05) is 0 Å². The second kappa shape index (κ2) is 1.79. The van der Waals surface area contributed by atoms with Gasteiger partial charge in [-0.15, -0.1) is 9.24 Å². The first-order valence-corrected chi connectivity index (χ1v) is 3.08. The fourth-order valence-corrected chi connectivity index (χ4v) is 0.829. The van der Waals surface area contributed by atoms with Crippen LogP contribution in [0.1, 0.15) is 6.92 Å². The lowest BCUT2D eigenvalue weighted by Gasteiger charge is -1.96. The van der Waals surface area contributed by atoms with Crippen molar-refractivity contribution in [1.82, 2.24) is 0 Å². The molecule has 0 aliphatic heterocycles.